The van der Waals surface area contributed by atoms with E-state index in [9.17, 15) is 0 Å². The van der Waals surface area contributed by atoms with E-state index in [-0.39, 0.29) is 31.2 Å². The molecule has 6 heteroatoms. The third-order valence-electron chi connectivity index (χ3n) is 8.61. The largest absolute Gasteiger partial charge is 0.333 e. The second kappa shape index (κ2) is 15.4. The van der Waals surface area contributed by atoms with Crippen molar-refractivity contribution in [3.05, 3.63) is 180 Å². The number of hydrogen-bond acceptors (Lipinski definition) is 4. The summed E-state index contributed by atoms with van der Waals surface area (Å²) in [5.41, 5.74) is 11.4. The van der Waals surface area contributed by atoms with E-state index in [0.717, 1.165) is 44.8 Å². The SMILES string of the molecule is Cc1cc(-c2ccc3s[c-]c(-c4nc5ccccc5n4-c4ccc(-c5ccccc5)cc4)c3c2)ccn1.[2H]C([2H])([2H])c1c[c-]c(-c2ccc(C([2H])([2H])[2H])cn2)cc1.[Ir]. The van der Waals surface area contributed by atoms with Crippen molar-refractivity contribution < 1.29 is 28.3 Å². The molecule has 255 valence electrons. The van der Waals surface area contributed by atoms with E-state index >= 15 is 0 Å². The molecule has 1 radical (unpaired) electrons. The van der Waals surface area contributed by atoms with Crippen molar-refractivity contribution in [1.29, 1.82) is 0 Å². The number of nitrogens with zero attached hydrogens (tertiary/aromatic N) is 4. The fourth-order valence-electron chi connectivity index (χ4n) is 6.07. The summed E-state index contributed by atoms with van der Waals surface area (Å²) in [5.74, 6) is 0.906. The molecule has 0 aliphatic carbocycles. The average Bonchev–Trinajstić information content (AvgIpc) is 3.82. The summed E-state index contributed by atoms with van der Waals surface area (Å²) in [4.78, 5) is 13.5. The van der Waals surface area contributed by atoms with Crippen molar-refractivity contribution in [3.8, 4) is 50.6 Å². The van der Waals surface area contributed by atoms with Crippen LogP contribution in [0.1, 0.15) is 25.0 Å². The van der Waals surface area contributed by atoms with Gasteiger partial charge >= 0.3 is 0 Å². The molecule has 0 amide bonds. The van der Waals surface area contributed by atoms with Gasteiger partial charge in [0.1, 0.15) is 0 Å². The third kappa shape index (κ3) is 7.28. The van der Waals surface area contributed by atoms with Gasteiger partial charge in [-0.1, -0.05) is 107 Å². The van der Waals surface area contributed by atoms with Gasteiger partial charge in [0.25, 0.3) is 0 Å². The summed E-state index contributed by atoms with van der Waals surface area (Å²) in [6.45, 7) is -2.31. The first-order chi connectivity index (χ1) is 27.4. The zero-order chi connectivity index (χ0) is 39.7. The first-order valence-electron chi connectivity index (χ1n) is 19.4. The number of imidazole rings is 1. The van der Waals surface area contributed by atoms with E-state index in [1.54, 1.807) is 23.5 Å². The van der Waals surface area contributed by atoms with E-state index in [0.29, 0.717) is 11.3 Å². The molecule has 5 aromatic carbocycles. The molecule has 4 heterocycles. The van der Waals surface area contributed by atoms with Crippen LogP contribution in [0.4, 0.5) is 0 Å². The number of rotatable bonds is 5. The van der Waals surface area contributed by atoms with Gasteiger partial charge in [0.15, 0.2) is 0 Å². The van der Waals surface area contributed by atoms with E-state index in [2.05, 4.69) is 123 Å². The predicted molar refractivity (Wildman–Crippen MR) is 212 cm³/mol. The summed E-state index contributed by atoms with van der Waals surface area (Å²) in [6.07, 6.45) is 3.17. The molecule has 0 aliphatic heterocycles. The first kappa shape index (κ1) is 28.1. The predicted octanol–water partition coefficient (Wildman–Crippen LogP) is 11.9. The van der Waals surface area contributed by atoms with E-state index < -0.39 is 13.7 Å². The Morgan fingerprint density at radius 1 is 0.692 bits per heavy atom. The van der Waals surface area contributed by atoms with Crippen LogP contribution in [0.25, 0.3) is 71.7 Å². The Kier molecular flexibility index (Phi) is 8.32. The molecule has 0 atom stereocenters. The Morgan fingerprint density at radius 2 is 1.44 bits per heavy atom. The van der Waals surface area contributed by atoms with Gasteiger partial charge < -0.3 is 9.55 Å². The van der Waals surface area contributed by atoms with Crippen LogP contribution in [0.15, 0.2) is 152 Å². The Labute approximate surface area is 330 Å². The minimum Gasteiger partial charge on any atom is -0.333 e. The van der Waals surface area contributed by atoms with Gasteiger partial charge in [0.05, 0.1) is 16.9 Å². The third-order valence-corrected chi connectivity index (χ3v) is 9.49. The number of fused-ring (bicyclic) bond motifs is 2. The van der Waals surface area contributed by atoms with Crippen LogP contribution >= 0.6 is 11.3 Å². The van der Waals surface area contributed by atoms with Gasteiger partial charge in [-0.2, -0.15) is 0 Å². The fourth-order valence-corrected chi connectivity index (χ4v) is 6.89. The standard InChI is InChI=1S/C33H22N3S.C13H12N.Ir/c1-22-19-26(17-18-34-22)25-13-16-32-28(20-25)29(21-37-32)33-35-30-9-5-6-10-31(30)36(33)27-14-11-24(12-15-27)23-7-3-2-4-8-23;1-10-3-6-12(7-4-10)13-8-5-11(2)9-14-13;/h2-20H,1H3;3-6,8-9H,1-2H3;/q2*-1;/i;1D3,2D3;. The second-order valence-corrected chi connectivity index (χ2v) is 12.9. The molecule has 52 heavy (non-hydrogen) atoms. The van der Waals surface area contributed by atoms with E-state index in [1.165, 1.54) is 45.8 Å². The summed E-state index contributed by atoms with van der Waals surface area (Å²) >= 11 is 1.64. The Balaban J connectivity index is 0.000000208. The number of hydrogen-bond donors (Lipinski definition) is 0. The van der Waals surface area contributed by atoms with Crippen LogP contribution in [-0.2, 0) is 20.1 Å². The maximum absolute atomic E-state index is 7.28. The van der Waals surface area contributed by atoms with Crippen molar-refractivity contribution >= 4 is 32.5 Å². The van der Waals surface area contributed by atoms with Gasteiger partial charge in [0, 0.05) is 52.1 Å². The van der Waals surface area contributed by atoms with Gasteiger partial charge in [-0.3, -0.25) is 21.3 Å². The van der Waals surface area contributed by atoms with Gasteiger partial charge in [-0.05, 0) is 83.7 Å². The van der Waals surface area contributed by atoms with Crippen LogP contribution in [0.5, 0.6) is 0 Å². The van der Waals surface area contributed by atoms with Gasteiger partial charge in [-0.25, -0.2) is 0 Å². The van der Waals surface area contributed by atoms with Gasteiger partial charge in [-0.15, -0.1) is 40.8 Å². The molecule has 0 fully saturated rings. The van der Waals surface area contributed by atoms with Crippen LogP contribution in [0, 0.1) is 32.1 Å². The number of benzene rings is 5. The Morgan fingerprint density at radius 3 is 2.19 bits per heavy atom. The molecule has 4 nitrogen and oxygen atoms in total. The van der Waals surface area contributed by atoms with Crippen molar-refractivity contribution in [3.63, 3.8) is 0 Å². The molecule has 0 spiro atoms. The molecule has 0 aliphatic rings. The topological polar surface area (TPSA) is 43.6 Å². The van der Waals surface area contributed by atoms with E-state index in [4.69, 9.17) is 13.2 Å². The summed E-state index contributed by atoms with van der Waals surface area (Å²) < 4.78 is 47.1. The second-order valence-electron chi connectivity index (χ2n) is 12.1. The molecule has 9 aromatic rings. The molecule has 4 aromatic heterocycles. The number of para-hydroxylation sites is 2. The zero-order valence-electron chi connectivity index (χ0n) is 34.0. The average molecular weight is 873 g/mol. The molecular formula is C46H34IrN4S-2. The molecule has 0 N–H and O–H groups in total. The van der Waals surface area contributed by atoms with Gasteiger partial charge in [0.2, 0.25) is 0 Å². The summed E-state index contributed by atoms with van der Waals surface area (Å²) in [7, 11) is 0. The van der Waals surface area contributed by atoms with Crippen molar-refractivity contribution in [2.75, 3.05) is 0 Å². The van der Waals surface area contributed by atoms with Crippen LogP contribution in [-0.4, -0.2) is 19.5 Å². The minimum atomic E-state index is -2.18. The van der Waals surface area contributed by atoms with Crippen LogP contribution in [0.3, 0.4) is 0 Å². The number of pyridine rings is 2. The Hall–Kier alpha value is -5.52. The number of aromatic nitrogens is 4. The van der Waals surface area contributed by atoms with Crippen molar-refractivity contribution in [1.82, 2.24) is 19.5 Å². The first-order valence-corrected chi connectivity index (χ1v) is 17.2. The normalized spacial score (nSPS) is 13.0. The minimum absolute atomic E-state index is 0. The fraction of sp³-hybridized carbons (Fsp3) is 0.0652. The summed E-state index contributed by atoms with van der Waals surface area (Å²) in [5, 5.41) is 4.74. The van der Waals surface area contributed by atoms with Crippen molar-refractivity contribution in [2.24, 2.45) is 0 Å². The van der Waals surface area contributed by atoms with Crippen LogP contribution in [0.2, 0.25) is 0 Å². The molecule has 0 saturated carbocycles. The Bertz CT molecular complexity index is 2760. The molecule has 0 unspecified atom stereocenters. The quantitative estimate of drug-likeness (QED) is 0.162. The number of aryl methyl sites for hydroxylation is 3. The zero-order valence-corrected chi connectivity index (χ0v) is 31.2. The monoisotopic (exact) mass is 873 g/mol. The van der Waals surface area contributed by atoms with E-state index in [1.807, 2.05) is 25.3 Å². The molecule has 9 rings (SSSR count). The molecule has 0 bridgehead atoms. The molecular weight excluding hydrogens is 833 g/mol. The molecule has 0 saturated heterocycles. The van der Waals surface area contributed by atoms with Crippen molar-refractivity contribution in [2.45, 2.75) is 20.6 Å². The maximum atomic E-state index is 7.28. The van der Waals surface area contributed by atoms with Crippen LogP contribution < -0.4 is 0 Å². The summed E-state index contributed by atoms with van der Waals surface area (Å²) in [6, 6.07) is 48.8. The maximum Gasteiger partial charge on any atom is 0.0774 e. The number of thiophene rings is 1. The smallest absolute Gasteiger partial charge is 0.0774 e.